The minimum absolute atomic E-state index is 0.0410. The molecule has 0 aliphatic carbocycles. The van der Waals surface area contributed by atoms with Gasteiger partial charge in [0.15, 0.2) is 6.10 Å². The van der Waals surface area contributed by atoms with Gasteiger partial charge in [0.2, 0.25) is 0 Å². The van der Waals surface area contributed by atoms with Crippen molar-refractivity contribution in [2.24, 2.45) is 0 Å². The third-order valence-electron chi connectivity index (χ3n) is 10.9. The van der Waals surface area contributed by atoms with Crippen LogP contribution in [0.25, 0.3) is 0 Å². The predicted octanol–water partition coefficient (Wildman–Crippen LogP) is 14.4. The van der Waals surface area contributed by atoms with Crippen LogP contribution < -0.4 is 4.89 Å². The Hall–Kier alpha value is -2.03. The maximum absolute atomic E-state index is 12.7. The number of esters is 2. The summed E-state index contributed by atoms with van der Waals surface area (Å²) in [5.74, 6) is -0.893. The van der Waals surface area contributed by atoms with Gasteiger partial charge in [0.25, 0.3) is 7.82 Å². The van der Waals surface area contributed by atoms with Crippen LogP contribution >= 0.6 is 7.82 Å². The molecular weight excluding hydrogens is 798 g/mol. The molecule has 62 heavy (non-hydrogen) atoms. The zero-order valence-electron chi connectivity index (χ0n) is 40.8. The SMILES string of the molecule is CCCCC/C=C/C/C=C/C/C=C/C/C=C/CCCC(=O)O[C@H](COC(=O)CCCCCCCCCCCCCCCCCCCCCCC)COP(=O)([O-])OCC[N+](C)(C)C. The van der Waals surface area contributed by atoms with Gasteiger partial charge in [0.05, 0.1) is 27.7 Å². The first-order chi connectivity index (χ1) is 30.0. The molecular formula is C52H96NO8P. The van der Waals surface area contributed by atoms with Crippen molar-refractivity contribution in [3.63, 3.8) is 0 Å². The molecule has 0 rings (SSSR count). The zero-order valence-corrected chi connectivity index (χ0v) is 41.7. The summed E-state index contributed by atoms with van der Waals surface area (Å²) >= 11 is 0. The van der Waals surface area contributed by atoms with Crippen molar-refractivity contribution < 1.29 is 42.1 Å². The molecule has 0 saturated heterocycles. The second-order valence-corrected chi connectivity index (χ2v) is 19.6. The number of quaternary nitrogens is 1. The largest absolute Gasteiger partial charge is 0.756 e. The summed E-state index contributed by atoms with van der Waals surface area (Å²) in [6.07, 6.45) is 53.0. The maximum atomic E-state index is 12.7. The number of ether oxygens (including phenoxy) is 2. The Morgan fingerprint density at radius 2 is 0.887 bits per heavy atom. The first-order valence-corrected chi connectivity index (χ1v) is 26.8. The third-order valence-corrected chi connectivity index (χ3v) is 11.8. The van der Waals surface area contributed by atoms with Crippen LogP contribution in [-0.2, 0) is 32.7 Å². The fourth-order valence-electron chi connectivity index (χ4n) is 6.88. The molecule has 0 N–H and O–H groups in total. The van der Waals surface area contributed by atoms with Gasteiger partial charge >= 0.3 is 11.9 Å². The van der Waals surface area contributed by atoms with Crippen LogP contribution in [0.1, 0.15) is 219 Å². The van der Waals surface area contributed by atoms with E-state index in [0.717, 1.165) is 38.5 Å². The molecule has 1 unspecified atom stereocenters. The first-order valence-electron chi connectivity index (χ1n) is 25.3. The van der Waals surface area contributed by atoms with E-state index in [2.05, 4.69) is 56.4 Å². The van der Waals surface area contributed by atoms with Crippen LogP contribution in [0.5, 0.6) is 0 Å². The predicted molar refractivity (Wildman–Crippen MR) is 259 cm³/mol. The highest BCUT2D eigenvalue weighted by atomic mass is 31.2. The Morgan fingerprint density at radius 3 is 1.34 bits per heavy atom. The lowest BCUT2D eigenvalue weighted by atomic mass is 10.0. The molecule has 0 heterocycles. The lowest BCUT2D eigenvalue weighted by Crippen LogP contribution is -2.37. The summed E-state index contributed by atoms with van der Waals surface area (Å²) in [7, 11) is 1.13. The smallest absolute Gasteiger partial charge is 0.306 e. The van der Waals surface area contributed by atoms with Crippen LogP contribution in [0.2, 0.25) is 0 Å². The quantitative estimate of drug-likeness (QED) is 0.0195. The summed E-state index contributed by atoms with van der Waals surface area (Å²) in [6, 6.07) is 0. The summed E-state index contributed by atoms with van der Waals surface area (Å²) < 4.78 is 34.0. The monoisotopic (exact) mass is 894 g/mol. The number of carbonyl (C=O) groups is 2. The van der Waals surface area contributed by atoms with Gasteiger partial charge in [-0.2, -0.15) is 0 Å². The number of rotatable bonds is 46. The van der Waals surface area contributed by atoms with E-state index in [1.807, 2.05) is 27.2 Å². The highest BCUT2D eigenvalue weighted by Crippen LogP contribution is 2.38. The van der Waals surface area contributed by atoms with E-state index in [9.17, 15) is 19.0 Å². The molecule has 0 amide bonds. The zero-order chi connectivity index (χ0) is 45.7. The number of allylic oxidation sites excluding steroid dienone is 8. The van der Waals surface area contributed by atoms with E-state index in [1.165, 1.54) is 141 Å². The Bertz CT molecular complexity index is 1190. The number of phosphoric ester groups is 1. The molecule has 0 bridgehead atoms. The molecule has 0 aliphatic heterocycles. The van der Waals surface area contributed by atoms with E-state index in [1.54, 1.807) is 0 Å². The lowest BCUT2D eigenvalue weighted by Gasteiger charge is -2.28. The van der Waals surface area contributed by atoms with Gasteiger partial charge in [-0.3, -0.25) is 14.2 Å². The normalized spacial score (nSPS) is 13.8. The molecule has 0 spiro atoms. The number of likely N-dealkylation sites (N-methyl/N-ethyl adjacent to an activating group) is 1. The first kappa shape index (κ1) is 60.0. The van der Waals surface area contributed by atoms with Crippen molar-refractivity contribution in [2.45, 2.75) is 225 Å². The van der Waals surface area contributed by atoms with Crippen molar-refractivity contribution in [3.05, 3.63) is 48.6 Å². The van der Waals surface area contributed by atoms with Crippen molar-refractivity contribution in [1.82, 2.24) is 0 Å². The molecule has 9 nitrogen and oxygen atoms in total. The topological polar surface area (TPSA) is 111 Å². The number of unbranched alkanes of at least 4 members (excludes halogenated alkanes) is 24. The van der Waals surface area contributed by atoms with Gasteiger partial charge in [-0.1, -0.05) is 204 Å². The van der Waals surface area contributed by atoms with Crippen LogP contribution in [0.4, 0.5) is 0 Å². The molecule has 0 aromatic carbocycles. The number of carbonyl (C=O) groups excluding carboxylic acids is 2. The van der Waals surface area contributed by atoms with E-state index in [4.69, 9.17) is 18.5 Å². The van der Waals surface area contributed by atoms with Crippen molar-refractivity contribution in [3.8, 4) is 0 Å². The van der Waals surface area contributed by atoms with E-state index >= 15 is 0 Å². The van der Waals surface area contributed by atoms with Crippen molar-refractivity contribution in [2.75, 3.05) is 47.5 Å². The molecule has 0 radical (unpaired) electrons. The minimum atomic E-state index is -4.64. The van der Waals surface area contributed by atoms with Crippen LogP contribution in [0, 0.1) is 0 Å². The molecule has 2 atom stereocenters. The van der Waals surface area contributed by atoms with E-state index in [-0.39, 0.29) is 26.1 Å². The standard InChI is InChI=1S/C52H96NO8P/c1-6-8-10-12-14-16-18-20-22-24-25-26-27-29-30-32-34-36-38-40-42-44-51(54)58-48-50(49-60-62(56,57)59-47-46-53(3,4)5)61-52(55)45-43-41-39-37-35-33-31-28-23-21-19-17-15-13-11-9-7-2/h15,17,21,23,31,33,37,39,50H,6-14,16,18-20,22,24-30,32,34-36,38,40-49H2,1-5H3/b17-15+,23-21+,33-31+,39-37+/t50-/m1/s1. The Balaban J connectivity index is 4.30. The number of nitrogens with zero attached hydrogens (tertiary/aromatic N) is 1. The Kier molecular flexibility index (Phi) is 42.7. The average molecular weight is 894 g/mol. The number of hydrogen-bond donors (Lipinski definition) is 0. The molecule has 0 fully saturated rings. The second-order valence-electron chi connectivity index (χ2n) is 18.2. The summed E-state index contributed by atoms with van der Waals surface area (Å²) in [6.45, 7) is 4.16. The lowest BCUT2D eigenvalue weighted by molar-refractivity contribution is -0.870. The molecule has 10 heteroatoms. The van der Waals surface area contributed by atoms with E-state index in [0.29, 0.717) is 23.9 Å². The molecule has 0 saturated carbocycles. The Labute approximate surface area is 382 Å². The molecule has 0 aromatic heterocycles. The van der Waals surface area contributed by atoms with Gasteiger partial charge in [0, 0.05) is 12.8 Å². The highest BCUT2D eigenvalue weighted by molar-refractivity contribution is 7.45. The van der Waals surface area contributed by atoms with Crippen molar-refractivity contribution >= 4 is 19.8 Å². The van der Waals surface area contributed by atoms with E-state index < -0.39 is 32.5 Å². The fraction of sp³-hybridized carbons (Fsp3) is 0.808. The van der Waals surface area contributed by atoms with Gasteiger partial charge < -0.3 is 27.9 Å². The maximum Gasteiger partial charge on any atom is 0.306 e. The minimum Gasteiger partial charge on any atom is -0.756 e. The highest BCUT2D eigenvalue weighted by Gasteiger charge is 2.21. The van der Waals surface area contributed by atoms with Gasteiger partial charge in [-0.25, -0.2) is 0 Å². The number of hydrogen-bond acceptors (Lipinski definition) is 8. The second kappa shape index (κ2) is 44.2. The van der Waals surface area contributed by atoms with Gasteiger partial charge in [0.1, 0.15) is 19.8 Å². The molecule has 0 aliphatic rings. The Morgan fingerprint density at radius 1 is 0.500 bits per heavy atom. The molecule has 362 valence electrons. The molecule has 0 aromatic rings. The van der Waals surface area contributed by atoms with Crippen LogP contribution in [0.3, 0.4) is 0 Å². The summed E-state index contributed by atoms with van der Waals surface area (Å²) in [5.41, 5.74) is 0. The fourth-order valence-corrected chi connectivity index (χ4v) is 7.61. The summed E-state index contributed by atoms with van der Waals surface area (Å²) in [4.78, 5) is 37.7. The number of phosphoric acid groups is 1. The van der Waals surface area contributed by atoms with Gasteiger partial charge in [-0.05, 0) is 51.4 Å². The van der Waals surface area contributed by atoms with Crippen LogP contribution in [-0.4, -0.2) is 70.0 Å². The summed E-state index contributed by atoms with van der Waals surface area (Å²) in [5, 5.41) is 0. The van der Waals surface area contributed by atoms with Crippen molar-refractivity contribution in [1.29, 1.82) is 0 Å². The van der Waals surface area contributed by atoms with Gasteiger partial charge in [-0.15, -0.1) is 0 Å². The average Bonchev–Trinajstić information content (AvgIpc) is 3.23. The third kappa shape index (κ3) is 47.4. The van der Waals surface area contributed by atoms with Crippen LogP contribution in [0.15, 0.2) is 48.6 Å².